The molecule has 4 aromatic heterocycles. The Morgan fingerprint density at radius 3 is 1.89 bits per heavy atom. The third kappa shape index (κ3) is 13.2. The summed E-state index contributed by atoms with van der Waals surface area (Å²) in [5.74, 6) is 1.20. The smallest absolute Gasteiger partial charge is 0.246 e. The Morgan fingerprint density at radius 2 is 1.51 bits per heavy atom. The number of rotatable bonds is 4. The van der Waals surface area contributed by atoms with Crippen LogP contribution in [0, 0.1) is 0 Å². The van der Waals surface area contributed by atoms with E-state index in [0.717, 1.165) is 24.2 Å². The Hall–Kier alpha value is -3.80. The fourth-order valence-electron chi connectivity index (χ4n) is 2.29. The summed E-state index contributed by atoms with van der Waals surface area (Å²) in [6.45, 7) is 1.91. The molecule has 198 valence electrons. The lowest BCUT2D eigenvalue weighted by Gasteiger charge is -1.97. The van der Waals surface area contributed by atoms with Gasteiger partial charge in [0.2, 0.25) is 11.8 Å². The molecule has 0 aromatic carbocycles. The van der Waals surface area contributed by atoms with Crippen molar-refractivity contribution in [2.24, 2.45) is 10.7 Å². The zero-order valence-corrected chi connectivity index (χ0v) is 20.4. The molecule has 0 saturated heterocycles. The van der Waals surface area contributed by atoms with Gasteiger partial charge in [-0.05, 0) is 52.3 Å². The van der Waals surface area contributed by atoms with Crippen molar-refractivity contribution >= 4 is 28.1 Å². The molecule has 0 unspecified atom stereocenters. The van der Waals surface area contributed by atoms with E-state index in [2.05, 4.69) is 40.9 Å². The van der Waals surface area contributed by atoms with Crippen molar-refractivity contribution in [1.29, 1.82) is 0 Å². The number of aldehydes is 1. The Bertz CT molecular complexity index is 1130. The Labute approximate surface area is 225 Å². The van der Waals surface area contributed by atoms with Gasteiger partial charge >= 0.3 is 0 Å². The lowest BCUT2D eigenvalue weighted by molar-refractivity contribution is 0.111. The number of carbonyl (C=O) groups is 1. The predicted octanol–water partition coefficient (Wildman–Crippen LogP) is 4.46. The normalized spacial score (nSPS) is 10.6. The Kier molecular flexibility index (Phi) is 18.3. The van der Waals surface area contributed by atoms with E-state index in [0.29, 0.717) is 35.3 Å². The molecule has 5 rings (SSSR count). The first-order chi connectivity index (χ1) is 17.2. The summed E-state index contributed by atoms with van der Waals surface area (Å²) in [5.41, 5.74) is 6.82. The maximum atomic E-state index is 9.94. The van der Waals surface area contributed by atoms with E-state index >= 15 is 0 Å². The van der Waals surface area contributed by atoms with Crippen LogP contribution < -0.4 is 5.73 Å². The van der Waals surface area contributed by atoms with Gasteiger partial charge in [0.1, 0.15) is 23.7 Å². The second kappa shape index (κ2) is 20.4. The number of hydrogen-bond acceptors (Lipinski definition) is 10. The highest BCUT2D eigenvalue weighted by Gasteiger charge is 2.09. The third-order valence-corrected chi connectivity index (χ3v) is 4.14. The van der Waals surface area contributed by atoms with Gasteiger partial charge in [0, 0.05) is 25.1 Å². The second-order valence-electron chi connectivity index (χ2n) is 6.32. The zero-order chi connectivity index (χ0) is 25.1. The SMILES string of the molecule is Brc1cnc(-c2ccccn2)o1.C.C.NCCO.O=Cc1ccccn1.c1ccc(C2=NCCO2)nc1. The molecule has 5 heterocycles. The fraction of sp³-hybridized carbons (Fsp3) is 0.231. The van der Waals surface area contributed by atoms with Gasteiger partial charge in [0.05, 0.1) is 19.3 Å². The highest BCUT2D eigenvalue weighted by atomic mass is 79.9. The topological polar surface area (TPSA) is 150 Å². The maximum Gasteiger partial charge on any atom is 0.246 e. The van der Waals surface area contributed by atoms with Gasteiger partial charge in [0.15, 0.2) is 11.0 Å². The van der Waals surface area contributed by atoms with E-state index in [1.54, 1.807) is 43.0 Å². The van der Waals surface area contributed by atoms with Gasteiger partial charge in [-0.3, -0.25) is 19.7 Å². The minimum absolute atomic E-state index is 0. The van der Waals surface area contributed by atoms with Crippen LogP contribution in [0.3, 0.4) is 0 Å². The summed E-state index contributed by atoms with van der Waals surface area (Å²) in [6.07, 6.45) is 7.35. The predicted molar refractivity (Wildman–Crippen MR) is 148 cm³/mol. The van der Waals surface area contributed by atoms with Crippen molar-refractivity contribution in [1.82, 2.24) is 19.9 Å². The van der Waals surface area contributed by atoms with Crippen molar-refractivity contribution in [3.63, 3.8) is 0 Å². The van der Waals surface area contributed by atoms with Crippen molar-refractivity contribution in [2.75, 3.05) is 26.3 Å². The molecule has 1 aliphatic rings. The van der Waals surface area contributed by atoms with Crippen molar-refractivity contribution in [3.05, 3.63) is 95.4 Å². The zero-order valence-electron chi connectivity index (χ0n) is 18.8. The number of carbonyl (C=O) groups excluding carboxylic acids is 1. The molecule has 0 radical (unpaired) electrons. The number of pyridine rings is 3. The Morgan fingerprint density at radius 1 is 0.919 bits per heavy atom. The lowest BCUT2D eigenvalue weighted by atomic mass is 10.3. The Balaban J connectivity index is 0.000000485. The molecule has 0 aliphatic carbocycles. The molecule has 10 nitrogen and oxygen atoms in total. The lowest BCUT2D eigenvalue weighted by Crippen LogP contribution is -2.02. The van der Waals surface area contributed by atoms with E-state index in [4.69, 9.17) is 20.0 Å². The maximum absolute atomic E-state index is 9.94. The highest BCUT2D eigenvalue weighted by molar-refractivity contribution is 9.10. The van der Waals surface area contributed by atoms with Gasteiger partial charge in [-0.2, -0.15) is 0 Å². The van der Waals surface area contributed by atoms with Crippen molar-refractivity contribution in [2.45, 2.75) is 14.9 Å². The highest BCUT2D eigenvalue weighted by Crippen LogP contribution is 2.19. The summed E-state index contributed by atoms with van der Waals surface area (Å²) >= 11 is 3.17. The minimum atomic E-state index is 0. The van der Waals surface area contributed by atoms with E-state index < -0.39 is 0 Å². The molecule has 0 bridgehead atoms. The van der Waals surface area contributed by atoms with Crippen LogP contribution in [-0.4, -0.2) is 63.5 Å². The number of halogens is 1. The van der Waals surface area contributed by atoms with Gasteiger partial charge in [-0.25, -0.2) is 9.98 Å². The molecule has 4 aromatic rings. The average molecular weight is 573 g/mol. The van der Waals surface area contributed by atoms with Gasteiger partial charge in [-0.1, -0.05) is 33.1 Å². The summed E-state index contributed by atoms with van der Waals surface area (Å²) in [7, 11) is 0. The summed E-state index contributed by atoms with van der Waals surface area (Å²) < 4.78 is 11.1. The standard InChI is InChI=1S/C8H5BrN2O.C8H8N2O.C6H5NO.C2H7NO.2CH4/c9-7-5-11-8(12-7)6-3-1-2-4-10-6;1-2-4-9-7(3-1)8-10-5-6-11-8;8-5-6-3-1-2-4-7-6;3-1-2-4;;/h1-5H;1-4H,5-6H2;1-5H;4H,1-3H2;2*1H4. The van der Waals surface area contributed by atoms with E-state index in [9.17, 15) is 4.79 Å². The van der Waals surface area contributed by atoms with Gasteiger partial charge < -0.3 is 20.0 Å². The largest absolute Gasteiger partial charge is 0.474 e. The van der Waals surface area contributed by atoms with E-state index in [1.807, 2.05) is 36.4 Å². The van der Waals surface area contributed by atoms with E-state index in [-0.39, 0.29) is 21.5 Å². The van der Waals surface area contributed by atoms with Crippen LogP contribution in [0.25, 0.3) is 11.6 Å². The van der Waals surface area contributed by atoms with Crippen LogP contribution >= 0.6 is 15.9 Å². The fourth-order valence-corrected chi connectivity index (χ4v) is 2.54. The van der Waals surface area contributed by atoms with Crippen LogP contribution in [-0.2, 0) is 4.74 Å². The van der Waals surface area contributed by atoms with Crippen LogP contribution in [0.4, 0.5) is 0 Å². The third-order valence-electron chi connectivity index (χ3n) is 3.77. The van der Waals surface area contributed by atoms with E-state index in [1.165, 1.54) is 0 Å². The average Bonchev–Trinajstić information content (AvgIpc) is 3.64. The molecular formula is C26H33BrN6O4. The summed E-state index contributed by atoms with van der Waals surface area (Å²) in [4.78, 5) is 30.0. The van der Waals surface area contributed by atoms with Crippen molar-refractivity contribution in [3.8, 4) is 11.6 Å². The number of aromatic nitrogens is 4. The van der Waals surface area contributed by atoms with Crippen LogP contribution in [0.2, 0.25) is 0 Å². The molecule has 0 fully saturated rings. The van der Waals surface area contributed by atoms with Crippen molar-refractivity contribution < 1.29 is 19.1 Å². The van der Waals surface area contributed by atoms with Crippen LogP contribution in [0.5, 0.6) is 0 Å². The summed E-state index contributed by atoms with van der Waals surface area (Å²) in [6, 6.07) is 16.5. The molecular weight excluding hydrogens is 540 g/mol. The first kappa shape index (κ1) is 33.2. The quantitative estimate of drug-likeness (QED) is 0.337. The van der Waals surface area contributed by atoms with Gasteiger partial charge in [0.25, 0.3) is 0 Å². The molecule has 0 amide bonds. The number of aliphatic hydroxyl groups excluding tert-OH is 1. The monoisotopic (exact) mass is 572 g/mol. The van der Waals surface area contributed by atoms with Crippen LogP contribution in [0.1, 0.15) is 31.0 Å². The number of aliphatic imine (C=N–C) groups is 1. The first-order valence-corrected chi connectivity index (χ1v) is 11.3. The number of nitrogens with zero attached hydrogens (tertiary/aromatic N) is 5. The molecule has 0 saturated carbocycles. The number of oxazole rings is 1. The number of aliphatic hydroxyl groups is 1. The molecule has 11 heteroatoms. The molecule has 3 N–H and O–H groups in total. The van der Waals surface area contributed by atoms with Crippen LogP contribution in [0.15, 0.2) is 93.5 Å². The molecule has 1 aliphatic heterocycles. The number of nitrogens with two attached hydrogens (primary N) is 1. The summed E-state index contributed by atoms with van der Waals surface area (Å²) in [5, 5.41) is 7.75. The number of hydrogen-bond donors (Lipinski definition) is 2. The second-order valence-corrected chi connectivity index (χ2v) is 7.10. The number of ether oxygens (including phenoxy) is 1. The first-order valence-electron chi connectivity index (χ1n) is 10.5. The molecule has 0 atom stereocenters. The molecule has 0 spiro atoms. The molecule has 37 heavy (non-hydrogen) atoms. The van der Waals surface area contributed by atoms with Gasteiger partial charge in [-0.15, -0.1) is 0 Å². The minimum Gasteiger partial charge on any atom is -0.474 e.